The third-order valence-corrected chi connectivity index (χ3v) is 4.37. The van der Waals surface area contributed by atoms with E-state index < -0.39 is 0 Å². The lowest BCUT2D eigenvalue weighted by atomic mass is 9.94. The molecule has 0 spiro atoms. The fourth-order valence-electron chi connectivity index (χ4n) is 2.76. The zero-order chi connectivity index (χ0) is 14.7. The van der Waals surface area contributed by atoms with Crippen LogP contribution in [0.1, 0.15) is 31.9 Å². The maximum Gasteiger partial charge on any atom is 0.137 e. The van der Waals surface area contributed by atoms with E-state index in [1.165, 1.54) is 6.07 Å². The summed E-state index contributed by atoms with van der Waals surface area (Å²) in [6.07, 6.45) is 0.834. The summed E-state index contributed by atoms with van der Waals surface area (Å²) in [6.45, 7) is 7.83. The van der Waals surface area contributed by atoms with Crippen LogP contribution in [0.5, 0.6) is 5.75 Å². The van der Waals surface area contributed by atoms with Gasteiger partial charge in [0.05, 0.1) is 4.47 Å². The van der Waals surface area contributed by atoms with E-state index in [2.05, 4.69) is 40.0 Å². The molecule has 0 saturated carbocycles. The third kappa shape index (κ3) is 5.24. The molecule has 3 nitrogen and oxygen atoms in total. The molecule has 0 radical (unpaired) electrons. The van der Waals surface area contributed by atoms with Gasteiger partial charge in [-0.15, -0.1) is 24.8 Å². The molecule has 1 aromatic rings. The fourth-order valence-corrected chi connectivity index (χ4v) is 3.11. The molecular formula is C15H24BrCl2FN2O. The maximum atomic E-state index is 14.3. The van der Waals surface area contributed by atoms with Crippen LogP contribution in [-0.4, -0.2) is 36.2 Å². The van der Waals surface area contributed by atoms with Gasteiger partial charge in [-0.2, -0.15) is 0 Å². The quantitative estimate of drug-likeness (QED) is 0.772. The summed E-state index contributed by atoms with van der Waals surface area (Å²) < 4.78 is 14.8. The zero-order valence-corrected chi connectivity index (χ0v) is 16.0. The molecule has 128 valence electrons. The number of halogens is 4. The lowest BCUT2D eigenvalue weighted by Gasteiger charge is -2.36. The third-order valence-electron chi connectivity index (χ3n) is 3.73. The van der Waals surface area contributed by atoms with Crippen molar-refractivity contribution in [2.75, 3.05) is 26.2 Å². The Bertz CT molecular complexity index is 471. The molecule has 1 atom stereocenters. The van der Waals surface area contributed by atoms with Gasteiger partial charge in [0, 0.05) is 37.8 Å². The van der Waals surface area contributed by atoms with Crippen LogP contribution in [0.3, 0.4) is 0 Å². The Labute approximate surface area is 152 Å². The van der Waals surface area contributed by atoms with E-state index in [9.17, 15) is 9.50 Å². The van der Waals surface area contributed by atoms with Gasteiger partial charge in [-0.1, -0.05) is 13.8 Å². The second kappa shape index (κ2) is 9.93. The number of phenolic OH excluding ortho intramolecular Hbond substituents is 1. The lowest BCUT2D eigenvalue weighted by Crippen LogP contribution is -2.45. The van der Waals surface area contributed by atoms with Crippen LogP contribution < -0.4 is 5.32 Å². The van der Waals surface area contributed by atoms with Crippen molar-refractivity contribution in [3.05, 3.63) is 28.0 Å². The SMILES string of the molecule is CC(C)C[C@H](c1c(F)ccc(Br)c1O)N1CCNCC1.Cl.Cl. The molecule has 2 N–H and O–H groups in total. The number of aromatic hydroxyl groups is 1. The highest BCUT2D eigenvalue weighted by Crippen LogP contribution is 2.39. The van der Waals surface area contributed by atoms with E-state index in [0.717, 1.165) is 32.6 Å². The molecule has 1 aliphatic heterocycles. The van der Waals surface area contributed by atoms with E-state index >= 15 is 0 Å². The first-order valence-corrected chi connectivity index (χ1v) is 7.91. The van der Waals surface area contributed by atoms with Crippen molar-refractivity contribution >= 4 is 40.7 Å². The van der Waals surface area contributed by atoms with Crippen LogP contribution in [0.4, 0.5) is 4.39 Å². The van der Waals surface area contributed by atoms with Gasteiger partial charge in [0.1, 0.15) is 11.6 Å². The number of phenols is 1. The first-order valence-electron chi connectivity index (χ1n) is 7.12. The van der Waals surface area contributed by atoms with Crippen LogP contribution in [-0.2, 0) is 0 Å². The smallest absolute Gasteiger partial charge is 0.137 e. The zero-order valence-electron chi connectivity index (χ0n) is 12.8. The summed E-state index contributed by atoms with van der Waals surface area (Å²) >= 11 is 3.29. The largest absolute Gasteiger partial charge is 0.506 e. The minimum atomic E-state index is -0.324. The summed E-state index contributed by atoms with van der Waals surface area (Å²) in [5, 5.41) is 13.6. The molecule has 2 rings (SSSR count). The topological polar surface area (TPSA) is 35.5 Å². The fraction of sp³-hybridized carbons (Fsp3) is 0.600. The van der Waals surface area contributed by atoms with Gasteiger partial charge in [-0.05, 0) is 40.4 Å². The minimum Gasteiger partial charge on any atom is -0.506 e. The number of nitrogens with zero attached hydrogens (tertiary/aromatic N) is 1. The van der Waals surface area contributed by atoms with Crippen molar-refractivity contribution in [3.8, 4) is 5.75 Å². The summed E-state index contributed by atoms with van der Waals surface area (Å²) in [5.41, 5.74) is 0.426. The molecule has 0 amide bonds. The van der Waals surface area contributed by atoms with E-state index in [-0.39, 0.29) is 42.4 Å². The second-order valence-corrected chi connectivity index (χ2v) is 6.58. The number of hydrogen-bond acceptors (Lipinski definition) is 3. The van der Waals surface area contributed by atoms with Gasteiger partial charge >= 0.3 is 0 Å². The molecule has 1 saturated heterocycles. The molecule has 1 aliphatic rings. The van der Waals surface area contributed by atoms with Gasteiger partial charge in [0.2, 0.25) is 0 Å². The number of benzene rings is 1. The Morgan fingerprint density at radius 1 is 1.27 bits per heavy atom. The van der Waals surface area contributed by atoms with Crippen molar-refractivity contribution < 1.29 is 9.50 Å². The Kier molecular flexibility index (Phi) is 9.90. The first-order chi connectivity index (χ1) is 9.50. The van der Waals surface area contributed by atoms with E-state index in [4.69, 9.17) is 0 Å². The predicted molar refractivity (Wildman–Crippen MR) is 96.9 cm³/mol. The molecule has 0 bridgehead atoms. The molecule has 1 fully saturated rings. The van der Waals surface area contributed by atoms with Gasteiger partial charge in [-0.25, -0.2) is 4.39 Å². The monoisotopic (exact) mass is 416 g/mol. The van der Waals surface area contributed by atoms with Crippen molar-refractivity contribution in [1.82, 2.24) is 10.2 Å². The summed E-state index contributed by atoms with van der Waals surface area (Å²) in [5.74, 6) is 0.150. The van der Waals surface area contributed by atoms with Crippen molar-refractivity contribution in [3.63, 3.8) is 0 Å². The summed E-state index contributed by atoms with van der Waals surface area (Å²) in [4.78, 5) is 2.26. The Morgan fingerprint density at radius 2 is 1.86 bits per heavy atom. The highest BCUT2D eigenvalue weighted by molar-refractivity contribution is 9.10. The molecule has 0 unspecified atom stereocenters. The Morgan fingerprint density at radius 3 is 2.41 bits per heavy atom. The van der Waals surface area contributed by atoms with Crippen molar-refractivity contribution in [1.29, 1.82) is 0 Å². The average Bonchev–Trinajstić information content (AvgIpc) is 2.43. The van der Waals surface area contributed by atoms with Crippen LogP contribution in [0, 0.1) is 11.7 Å². The second-order valence-electron chi connectivity index (χ2n) is 5.72. The summed E-state index contributed by atoms with van der Waals surface area (Å²) in [7, 11) is 0. The van der Waals surface area contributed by atoms with Crippen LogP contribution >= 0.6 is 40.7 Å². The van der Waals surface area contributed by atoms with Gasteiger partial charge in [-0.3, -0.25) is 4.90 Å². The van der Waals surface area contributed by atoms with Crippen LogP contribution in [0.25, 0.3) is 0 Å². The van der Waals surface area contributed by atoms with Crippen LogP contribution in [0.15, 0.2) is 16.6 Å². The van der Waals surface area contributed by atoms with Crippen molar-refractivity contribution in [2.45, 2.75) is 26.3 Å². The molecule has 0 aromatic heterocycles. The van der Waals surface area contributed by atoms with Gasteiger partial charge in [0.25, 0.3) is 0 Å². The first kappa shape index (κ1) is 21.9. The molecule has 1 aromatic carbocycles. The molecule has 1 heterocycles. The standard InChI is InChI=1S/C15H22BrFN2O.2ClH/c1-10(2)9-13(19-7-5-18-6-8-19)14-12(17)4-3-11(16)15(14)20;;/h3-4,10,13,18,20H,5-9H2,1-2H3;2*1H/t13-;;/m1../s1. The minimum absolute atomic E-state index is 0. The van der Waals surface area contributed by atoms with Gasteiger partial charge < -0.3 is 10.4 Å². The predicted octanol–water partition coefficient (Wildman–Crippen LogP) is 4.13. The number of hydrogen-bond donors (Lipinski definition) is 2. The highest BCUT2D eigenvalue weighted by atomic mass is 79.9. The molecular weight excluding hydrogens is 394 g/mol. The number of piperazine rings is 1. The van der Waals surface area contributed by atoms with Crippen molar-refractivity contribution in [2.24, 2.45) is 5.92 Å². The number of rotatable bonds is 4. The highest BCUT2D eigenvalue weighted by Gasteiger charge is 2.28. The van der Waals surface area contributed by atoms with E-state index in [1.54, 1.807) is 6.07 Å². The number of nitrogens with one attached hydrogen (secondary N) is 1. The van der Waals surface area contributed by atoms with E-state index in [1.807, 2.05) is 0 Å². The Balaban J connectivity index is 0.00000220. The van der Waals surface area contributed by atoms with Crippen LogP contribution in [0.2, 0.25) is 0 Å². The maximum absolute atomic E-state index is 14.3. The summed E-state index contributed by atoms with van der Waals surface area (Å²) in [6, 6.07) is 2.90. The molecule has 22 heavy (non-hydrogen) atoms. The lowest BCUT2D eigenvalue weighted by molar-refractivity contribution is 0.148. The molecule has 7 heteroatoms. The Hall–Kier alpha value is -0.0700. The molecule has 0 aliphatic carbocycles. The van der Waals surface area contributed by atoms with Gasteiger partial charge in [0.15, 0.2) is 0 Å². The normalized spacial score (nSPS) is 16.8. The van der Waals surface area contributed by atoms with E-state index in [0.29, 0.717) is 16.0 Å². The average molecular weight is 418 g/mol.